The highest BCUT2D eigenvalue weighted by Gasteiger charge is 2.29. The second-order valence-corrected chi connectivity index (χ2v) is 5.98. The van der Waals surface area contributed by atoms with Crippen LogP contribution in [-0.4, -0.2) is 29.2 Å². The third kappa shape index (κ3) is 2.61. The van der Waals surface area contributed by atoms with Gasteiger partial charge in [-0.05, 0) is 39.7 Å². The van der Waals surface area contributed by atoms with Crippen molar-refractivity contribution in [1.29, 1.82) is 0 Å². The van der Waals surface area contributed by atoms with E-state index in [1.165, 1.54) is 9.35 Å². The average Bonchev–Trinajstić information content (AvgIpc) is 2.75. The fourth-order valence-corrected chi connectivity index (χ4v) is 3.63. The lowest BCUT2D eigenvalue weighted by molar-refractivity contribution is 0.139. The summed E-state index contributed by atoms with van der Waals surface area (Å²) in [5.41, 5.74) is 0. The van der Waals surface area contributed by atoms with Crippen molar-refractivity contribution in [3.63, 3.8) is 0 Å². The van der Waals surface area contributed by atoms with Crippen LogP contribution >= 0.6 is 27.3 Å². The van der Waals surface area contributed by atoms with Crippen LogP contribution in [0.25, 0.3) is 0 Å². The topological polar surface area (TPSA) is 23.5 Å². The van der Waals surface area contributed by atoms with E-state index in [-0.39, 0.29) is 6.10 Å². The van der Waals surface area contributed by atoms with Gasteiger partial charge in [-0.15, -0.1) is 11.3 Å². The van der Waals surface area contributed by atoms with Crippen LogP contribution in [0.2, 0.25) is 0 Å². The Morgan fingerprint density at radius 3 is 2.93 bits per heavy atom. The molecule has 1 fully saturated rings. The van der Waals surface area contributed by atoms with Crippen LogP contribution in [0.3, 0.4) is 0 Å². The third-order valence-electron chi connectivity index (χ3n) is 3.06. The van der Waals surface area contributed by atoms with Crippen LogP contribution in [0.15, 0.2) is 15.9 Å². The van der Waals surface area contributed by atoms with Crippen molar-refractivity contribution in [2.75, 3.05) is 13.1 Å². The molecule has 4 heteroatoms. The summed E-state index contributed by atoms with van der Waals surface area (Å²) in [5.74, 6) is 0.462. The fraction of sp³-hybridized carbons (Fsp3) is 0.636. The second kappa shape index (κ2) is 4.95. The van der Waals surface area contributed by atoms with Gasteiger partial charge in [0.25, 0.3) is 0 Å². The van der Waals surface area contributed by atoms with E-state index in [9.17, 15) is 5.11 Å². The summed E-state index contributed by atoms with van der Waals surface area (Å²) in [7, 11) is 0. The zero-order chi connectivity index (χ0) is 10.8. The lowest BCUT2D eigenvalue weighted by Gasteiger charge is -2.14. The molecule has 2 unspecified atom stereocenters. The van der Waals surface area contributed by atoms with E-state index in [0.717, 1.165) is 26.1 Å². The normalized spacial score (nSPS) is 27.4. The Bertz CT molecular complexity index is 328. The highest BCUT2D eigenvalue weighted by Crippen LogP contribution is 2.27. The van der Waals surface area contributed by atoms with E-state index in [4.69, 9.17) is 0 Å². The Morgan fingerprint density at radius 1 is 1.60 bits per heavy atom. The molecule has 0 amide bonds. The van der Waals surface area contributed by atoms with Gasteiger partial charge in [0.1, 0.15) is 0 Å². The van der Waals surface area contributed by atoms with E-state index in [1.807, 2.05) is 0 Å². The second-order valence-electron chi connectivity index (χ2n) is 4.12. The zero-order valence-corrected chi connectivity index (χ0v) is 11.2. The molecular weight excluding hydrogens is 274 g/mol. The van der Waals surface area contributed by atoms with Gasteiger partial charge >= 0.3 is 0 Å². The molecule has 84 valence electrons. The van der Waals surface area contributed by atoms with Gasteiger partial charge in [0.2, 0.25) is 0 Å². The van der Waals surface area contributed by atoms with Crippen molar-refractivity contribution >= 4 is 27.3 Å². The number of aliphatic hydroxyl groups is 1. The summed E-state index contributed by atoms with van der Waals surface area (Å²) >= 11 is 5.32. The Balaban J connectivity index is 1.95. The lowest BCUT2D eigenvalue weighted by atomic mass is 10.0. The van der Waals surface area contributed by atoms with Crippen molar-refractivity contribution in [1.82, 2.24) is 4.90 Å². The van der Waals surface area contributed by atoms with Gasteiger partial charge in [0.15, 0.2) is 0 Å². The first kappa shape index (κ1) is 11.6. The highest BCUT2D eigenvalue weighted by atomic mass is 79.9. The van der Waals surface area contributed by atoms with Gasteiger partial charge in [0.05, 0.1) is 6.10 Å². The number of β-amino-alcohol motifs (C(OH)–C–C–N with tert-alkyl or cyclic N) is 1. The number of thiophene rings is 1. The van der Waals surface area contributed by atoms with Gasteiger partial charge in [0, 0.05) is 29.0 Å². The van der Waals surface area contributed by atoms with Gasteiger partial charge in [-0.2, -0.15) is 0 Å². The molecule has 0 spiro atoms. The molecule has 2 nitrogen and oxygen atoms in total. The van der Waals surface area contributed by atoms with Gasteiger partial charge in [-0.25, -0.2) is 0 Å². The standard InChI is InChI=1S/C11H16BrNOS/c1-2-8-5-13(6-10(8)14)7-11-9(12)3-4-15-11/h3-4,8,10,14H,2,5-7H2,1H3. The minimum absolute atomic E-state index is 0.131. The maximum atomic E-state index is 9.81. The summed E-state index contributed by atoms with van der Waals surface area (Å²) in [6.45, 7) is 4.97. The summed E-state index contributed by atoms with van der Waals surface area (Å²) in [5, 5.41) is 11.9. The Labute approximate surface area is 103 Å². The van der Waals surface area contributed by atoms with Crippen LogP contribution in [0.4, 0.5) is 0 Å². The molecule has 15 heavy (non-hydrogen) atoms. The van der Waals surface area contributed by atoms with E-state index >= 15 is 0 Å². The van der Waals surface area contributed by atoms with Crippen molar-refractivity contribution in [3.8, 4) is 0 Å². The van der Waals surface area contributed by atoms with Crippen LogP contribution in [0.1, 0.15) is 18.2 Å². The molecule has 2 heterocycles. The molecule has 0 aliphatic carbocycles. The maximum Gasteiger partial charge on any atom is 0.0707 e. The van der Waals surface area contributed by atoms with Crippen LogP contribution in [0.5, 0.6) is 0 Å². The predicted molar refractivity (Wildman–Crippen MR) is 67.1 cm³/mol. The van der Waals surface area contributed by atoms with Crippen molar-refractivity contribution < 1.29 is 5.11 Å². The molecule has 0 aromatic carbocycles. The van der Waals surface area contributed by atoms with Gasteiger partial charge < -0.3 is 5.11 Å². The summed E-state index contributed by atoms with van der Waals surface area (Å²) in [6, 6.07) is 2.09. The first-order chi connectivity index (χ1) is 7.20. The molecule has 1 aliphatic heterocycles. The smallest absolute Gasteiger partial charge is 0.0707 e. The zero-order valence-electron chi connectivity index (χ0n) is 8.82. The molecule has 1 aliphatic rings. The molecule has 1 aromatic heterocycles. The predicted octanol–water partition coefficient (Wildman–Crippen LogP) is 2.71. The monoisotopic (exact) mass is 289 g/mol. The van der Waals surface area contributed by atoms with E-state index in [2.05, 4.69) is 39.2 Å². The Kier molecular flexibility index (Phi) is 3.83. The molecule has 0 radical (unpaired) electrons. The maximum absolute atomic E-state index is 9.81. The van der Waals surface area contributed by atoms with E-state index in [1.54, 1.807) is 11.3 Å². The van der Waals surface area contributed by atoms with E-state index in [0.29, 0.717) is 5.92 Å². The van der Waals surface area contributed by atoms with Crippen molar-refractivity contribution in [2.24, 2.45) is 5.92 Å². The van der Waals surface area contributed by atoms with Gasteiger partial charge in [-0.1, -0.05) is 6.92 Å². The number of likely N-dealkylation sites (tertiary alicyclic amines) is 1. The summed E-state index contributed by atoms with van der Waals surface area (Å²) in [4.78, 5) is 3.70. The van der Waals surface area contributed by atoms with Crippen LogP contribution in [0, 0.1) is 5.92 Å². The third-order valence-corrected chi connectivity index (χ3v) is 4.98. The molecule has 1 N–H and O–H groups in total. The quantitative estimate of drug-likeness (QED) is 0.925. The number of hydrogen-bond acceptors (Lipinski definition) is 3. The van der Waals surface area contributed by atoms with Crippen LogP contribution < -0.4 is 0 Å². The first-order valence-corrected chi connectivity index (χ1v) is 7.00. The highest BCUT2D eigenvalue weighted by molar-refractivity contribution is 9.10. The van der Waals surface area contributed by atoms with Gasteiger partial charge in [-0.3, -0.25) is 4.90 Å². The lowest BCUT2D eigenvalue weighted by Crippen LogP contribution is -2.21. The van der Waals surface area contributed by atoms with Crippen molar-refractivity contribution in [2.45, 2.75) is 26.0 Å². The largest absolute Gasteiger partial charge is 0.391 e. The average molecular weight is 290 g/mol. The van der Waals surface area contributed by atoms with E-state index < -0.39 is 0 Å². The minimum atomic E-state index is -0.131. The minimum Gasteiger partial charge on any atom is -0.391 e. The summed E-state index contributed by atoms with van der Waals surface area (Å²) < 4.78 is 1.20. The van der Waals surface area contributed by atoms with Crippen LogP contribution in [-0.2, 0) is 6.54 Å². The number of halogens is 1. The molecule has 2 rings (SSSR count). The Morgan fingerprint density at radius 2 is 2.40 bits per heavy atom. The summed E-state index contributed by atoms with van der Waals surface area (Å²) in [6.07, 6.45) is 0.942. The number of aliphatic hydroxyl groups excluding tert-OH is 1. The molecule has 0 saturated carbocycles. The molecule has 2 atom stereocenters. The molecule has 1 saturated heterocycles. The molecular formula is C11H16BrNOS. The number of rotatable bonds is 3. The molecule has 1 aromatic rings. The SMILES string of the molecule is CCC1CN(Cc2sccc2Br)CC1O. The number of nitrogens with zero attached hydrogens (tertiary/aromatic N) is 1. The fourth-order valence-electron chi connectivity index (χ4n) is 2.11. The first-order valence-electron chi connectivity index (χ1n) is 5.33. The Hall–Kier alpha value is 0.1000. The number of hydrogen-bond donors (Lipinski definition) is 1. The van der Waals surface area contributed by atoms with Crippen molar-refractivity contribution in [3.05, 3.63) is 20.8 Å². The molecule has 0 bridgehead atoms.